The molecule has 158 valence electrons. The zero-order chi connectivity index (χ0) is 21.5. The average molecular weight is 417 g/mol. The first-order chi connectivity index (χ1) is 15.0. The van der Waals surface area contributed by atoms with E-state index < -0.39 is 11.8 Å². The normalized spacial score (nSPS) is 16.9. The first-order valence-electron chi connectivity index (χ1n) is 10.4. The van der Waals surface area contributed by atoms with Crippen molar-refractivity contribution in [1.82, 2.24) is 24.3 Å². The van der Waals surface area contributed by atoms with E-state index in [4.69, 9.17) is 4.98 Å². The Morgan fingerprint density at radius 3 is 2.16 bits per heavy atom. The van der Waals surface area contributed by atoms with Gasteiger partial charge in [0.15, 0.2) is 0 Å². The molecule has 0 aliphatic carbocycles. The van der Waals surface area contributed by atoms with Crippen LogP contribution in [0.4, 0.5) is 0 Å². The Balaban J connectivity index is 1.19. The third-order valence-electron chi connectivity index (χ3n) is 6.14. The van der Waals surface area contributed by atoms with Gasteiger partial charge < -0.3 is 9.47 Å². The van der Waals surface area contributed by atoms with E-state index in [0.29, 0.717) is 30.8 Å². The third kappa shape index (κ3) is 3.38. The van der Waals surface area contributed by atoms with Crippen LogP contribution in [0, 0.1) is 0 Å². The van der Waals surface area contributed by atoms with Crippen molar-refractivity contribution in [2.45, 2.75) is 6.54 Å². The summed E-state index contributed by atoms with van der Waals surface area (Å²) >= 11 is 0. The number of amides is 3. The number of imidazole rings is 1. The van der Waals surface area contributed by atoms with E-state index in [1.807, 2.05) is 25.2 Å². The van der Waals surface area contributed by atoms with Crippen LogP contribution in [0.25, 0.3) is 11.0 Å². The molecule has 1 saturated heterocycles. The lowest BCUT2D eigenvalue weighted by Crippen LogP contribution is -2.51. The lowest BCUT2D eigenvalue weighted by atomic mass is 10.1. The molecule has 8 nitrogen and oxygen atoms in total. The maximum absolute atomic E-state index is 12.8. The van der Waals surface area contributed by atoms with E-state index in [0.717, 1.165) is 34.8 Å². The minimum atomic E-state index is -0.394. The molecule has 0 unspecified atom stereocenters. The Bertz CT molecular complexity index is 1160. The summed E-state index contributed by atoms with van der Waals surface area (Å²) in [6, 6.07) is 14.7. The quantitative estimate of drug-likeness (QED) is 0.602. The van der Waals surface area contributed by atoms with Crippen LogP contribution in [0.5, 0.6) is 0 Å². The minimum absolute atomic E-state index is 0.197. The van der Waals surface area contributed by atoms with Gasteiger partial charge >= 0.3 is 0 Å². The highest BCUT2D eigenvalue weighted by Crippen LogP contribution is 2.22. The molecule has 0 saturated carbocycles. The fourth-order valence-corrected chi connectivity index (χ4v) is 4.31. The Morgan fingerprint density at radius 2 is 1.52 bits per heavy atom. The number of imide groups is 1. The molecule has 2 aliphatic rings. The van der Waals surface area contributed by atoms with E-state index in [1.54, 1.807) is 29.2 Å². The molecular weight excluding hydrogens is 394 g/mol. The van der Waals surface area contributed by atoms with Crippen LogP contribution in [-0.4, -0.2) is 74.7 Å². The smallest absolute Gasteiger partial charge is 0.262 e. The molecule has 3 amide bonds. The molecule has 0 atom stereocenters. The van der Waals surface area contributed by atoms with Crippen molar-refractivity contribution in [1.29, 1.82) is 0 Å². The number of rotatable bonds is 4. The van der Waals surface area contributed by atoms with Crippen molar-refractivity contribution in [3.8, 4) is 0 Å². The maximum atomic E-state index is 12.8. The largest absolute Gasteiger partial charge is 0.339 e. The SMILES string of the molecule is Cn1c(CN2CCN(C(=O)CN3C(=O)c4ccccc4C3=O)CC2)nc2ccccc21. The van der Waals surface area contributed by atoms with E-state index in [2.05, 4.69) is 15.5 Å². The van der Waals surface area contributed by atoms with Gasteiger partial charge in [-0.15, -0.1) is 0 Å². The molecule has 3 aromatic rings. The molecule has 3 heterocycles. The summed E-state index contributed by atoms with van der Waals surface area (Å²) in [5.74, 6) is 0.00718. The van der Waals surface area contributed by atoms with Crippen LogP contribution in [0.3, 0.4) is 0 Å². The highest BCUT2D eigenvalue weighted by atomic mass is 16.2. The van der Waals surface area contributed by atoms with Crippen LogP contribution in [-0.2, 0) is 18.4 Å². The summed E-state index contributed by atoms with van der Waals surface area (Å²) in [6.07, 6.45) is 0. The average Bonchev–Trinajstić information content (AvgIpc) is 3.24. The summed E-state index contributed by atoms with van der Waals surface area (Å²) in [7, 11) is 2.02. The number of hydrogen-bond donors (Lipinski definition) is 0. The van der Waals surface area contributed by atoms with E-state index in [-0.39, 0.29) is 12.5 Å². The highest BCUT2D eigenvalue weighted by molar-refractivity contribution is 6.22. The first kappa shape index (κ1) is 19.4. The van der Waals surface area contributed by atoms with Crippen molar-refractivity contribution >= 4 is 28.8 Å². The fourth-order valence-electron chi connectivity index (χ4n) is 4.31. The van der Waals surface area contributed by atoms with Crippen LogP contribution in [0.1, 0.15) is 26.5 Å². The predicted molar refractivity (Wildman–Crippen MR) is 114 cm³/mol. The van der Waals surface area contributed by atoms with Gasteiger partial charge in [0, 0.05) is 33.2 Å². The second-order valence-corrected chi connectivity index (χ2v) is 7.97. The third-order valence-corrected chi connectivity index (χ3v) is 6.14. The Kier molecular flexibility index (Phi) is 4.78. The van der Waals surface area contributed by atoms with Gasteiger partial charge in [0.25, 0.3) is 11.8 Å². The number of aryl methyl sites for hydroxylation is 1. The molecule has 0 spiro atoms. The number of carbonyl (C=O) groups excluding carboxylic acids is 3. The lowest BCUT2D eigenvalue weighted by Gasteiger charge is -2.35. The molecule has 1 fully saturated rings. The number of nitrogens with zero attached hydrogens (tertiary/aromatic N) is 5. The summed E-state index contributed by atoms with van der Waals surface area (Å²) < 4.78 is 2.11. The molecule has 8 heteroatoms. The number of piperazine rings is 1. The monoisotopic (exact) mass is 417 g/mol. The second kappa shape index (κ2) is 7.63. The van der Waals surface area contributed by atoms with Gasteiger partial charge in [-0.05, 0) is 24.3 Å². The van der Waals surface area contributed by atoms with Gasteiger partial charge in [0.2, 0.25) is 5.91 Å². The van der Waals surface area contributed by atoms with Crippen LogP contribution < -0.4 is 0 Å². The van der Waals surface area contributed by atoms with Crippen molar-refractivity contribution in [3.63, 3.8) is 0 Å². The summed E-state index contributed by atoms with van der Waals surface area (Å²) in [5, 5.41) is 0. The minimum Gasteiger partial charge on any atom is -0.339 e. The molecule has 0 radical (unpaired) electrons. The topological polar surface area (TPSA) is 78.8 Å². The van der Waals surface area contributed by atoms with Crippen molar-refractivity contribution in [3.05, 3.63) is 65.5 Å². The molecule has 2 aliphatic heterocycles. The van der Waals surface area contributed by atoms with E-state index in [1.165, 1.54) is 0 Å². The number of para-hydroxylation sites is 2. The number of aromatic nitrogens is 2. The molecule has 5 rings (SSSR count). The lowest BCUT2D eigenvalue weighted by molar-refractivity contribution is -0.133. The Hall–Kier alpha value is -3.52. The highest BCUT2D eigenvalue weighted by Gasteiger charge is 2.37. The van der Waals surface area contributed by atoms with Gasteiger partial charge in [-0.25, -0.2) is 4.98 Å². The summed E-state index contributed by atoms with van der Waals surface area (Å²) in [6.45, 7) is 3.06. The molecule has 31 heavy (non-hydrogen) atoms. The predicted octanol–water partition coefficient (Wildman–Crippen LogP) is 1.51. The van der Waals surface area contributed by atoms with Gasteiger partial charge in [-0.2, -0.15) is 0 Å². The summed E-state index contributed by atoms with van der Waals surface area (Å²) in [5.41, 5.74) is 2.82. The molecule has 1 aromatic heterocycles. The van der Waals surface area contributed by atoms with Gasteiger partial charge in [0.05, 0.1) is 28.7 Å². The van der Waals surface area contributed by atoms with Crippen molar-refractivity contribution < 1.29 is 14.4 Å². The maximum Gasteiger partial charge on any atom is 0.262 e. The Morgan fingerprint density at radius 1 is 0.903 bits per heavy atom. The number of carbonyl (C=O) groups is 3. The van der Waals surface area contributed by atoms with Crippen LogP contribution in [0.15, 0.2) is 48.5 Å². The molecule has 0 bridgehead atoms. The van der Waals surface area contributed by atoms with Gasteiger partial charge in [0.1, 0.15) is 12.4 Å². The zero-order valence-electron chi connectivity index (χ0n) is 17.3. The van der Waals surface area contributed by atoms with E-state index in [9.17, 15) is 14.4 Å². The van der Waals surface area contributed by atoms with Crippen LogP contribution >= 0.6 is 0 Å². The number of benzene rings is 2. The molecule has 0 N–H and O–H groups in total. The standard InChI is InChI=1S/C23H23N5O3/c1-25-19-9-5-4-8-18(19)24-20(25)14-26-10-12-27(13-11-26)21(29)15-28-22(30)16-6-2-3-7-17(16)23(28)31/h2-9H,10-15H2,1H3. The number of fused-ring (bicyclic) bond motifs is 2. The molecular formula is C23H23N5O3. The number of hydrogen-bond acceptors (Lipinski definition) is 5. The van der Waals surface area contributed by atoms with Crippen molar-refractivity contribution in [2.75, 3.05) is 32.7 Å². The first-order valence-corrected chi connectivity index (χ1v) is 10.4. The molecule has 2 aromatic carbocycles. The van der Waals surface area contributed by atoms with Crippen LogP contribution in [0.2, 0.25) is 0 Å². The fraction of sp³-hybridized carbons (Fsp3) is 0.304. The second-order valence-electron chi connectivity index (χ2n) is 7.97. The van der Waals surface area contributed by atoms with Crippen molar-refractivity contribution in [2.24, 2.45) is 7.05 Å². The van der Waals surface area contributed by atoms with E-state index >= 15 is 0 Å². The zero-order valence-corrected chi connectivity index (χ0v) is 17.3. The van der Waals surface area contributed by atoms with Gasteiger partial charge in [-0.1, -0.05) is 24.3 Å². The van der Waals surface area contributed by atoms with Gasteiger partial charge in [-0.3, -0.25) is 24.2 Å². The summed E-state index contributed by atoms with van der Waals surface area (Å²) in [4.78, 5) is 47.6. The Labute approximate surface area is 179 Å².